The van der Waals surface area contributed by atoms with Gasteiger partial charge in [0.2, 0.25) is 0 Å². The quantitative estimate of drug-likeness (QED) is 0.880. The highest BCUT2D eigenvalue weighted by molar-refractivity contribution is 7.93. The standard InChI is InChI=1S/C18H23NO4S2/c1-11-12(2)14(4)18(15(5)13(11)3)25(22,23)19-16-8-7-9-17(10-16)24(6,20)21/h7-10,19H,1-6H3. The predicted molar refractivity (Wildman–Crippen MR) is 100 cm³/mol. The van der Waals surface area contributed by atoms with Crippen molar-refractivity contribution in [2.75, 3.05) is 11.0 Å². The number of nitrogens with one attached hydrogen (secondary N) is 1. The third-order valence-corrected chi connectivity index (χ3v) is 7.48. The van der Waals surface area contributed by atoms with Gasteiger partial charge in [-0.1, -0.05) is 6.07 Å². The largest absolute Gasteiger partial charge is 0.280 e. The van der Waals surface area contributed by atoms with Crippen LogP contribution in [0, 0.1) is 34.6 Å². The smallest absolute Gasteiger partial charge is 0.262 e. The van der Waals surface area contributed by atoms with E-state index in [1.165, 1.54) is 24.3 Å². The number of anilines is 1. The molecule has 1 N–H and O–H groups in total. The first-order valence-corrected chi connectivity index (χ1v) is 11.1. The monoisotopic (exact) mass is 381 g/mol. The average Bonchev–Trinajstić information content (AvgIpc) is 2.50. The van der Waals surface area contributed by atoms with Crippen molar-refractivity contribution >= 4 is 25.5 Å². The number of benzene rings is 2. The second-order valence-corrected chi connectivity index (χ2v) is 9.99. The second kappa shape index (κ2) is 6.46. The number of hydrogen-bond donors (Lipinski definition) is 1. The van der Waals surface area contributed by atoms with Crippen molar-refractivity contribution in [1.29, 1.82) is 0 Å². The van der Waals surface area contributed by atoms with Crippen molar-refractivity contribution in [3.8, 4) is 0 Å². The van der Waals surface area contributed by atoms with Crippen LogP contribution in [0.25, 0.3) is 0 Å². The highest BCUT2D eigenvalue weighted by atomic mass is 32.2. The van der Waals surface area contributed by atoms with Gasteiger partial charge in [0.05, 0.1) is 15.5 Å². The summed E-state index contributed by atoms with van der Waals surface area (Å²) in [5.41, 5.74) is 4.58. The first-order chi connectivity index (χ1) is 11.4. The molecular formula is C18H23NO4S2. The third kappa shape index (κ3) is 3.72. The topological polar surface area (TPSA) is 80.3 Å². The van der Waals surface area contributed by atoms with E-state index in [0.717, 1.165) is 22.9 Å². The van der Waals surface area contributed by atoms with Crippen molar-refractivity contribution in [2.24, 2.45) is 0 Å². The Balaban J connectivity index is 2.59. The van der Waals surface area contributed by atoms with Crippen LogP contribution in [-0.2, 0) is 19.9 Å². The molecule has 5 nitrogen and oxygen atoms in total. The van der Waals surface area contributed by atoms with Crippen LogP contribution < -0.4 is 4.72 Å². The van der Waals surface area contributed by atoms with Gasteiger partial charge in [-0.15, -0.1) is 0 Å². The molecule has 0 aliphatic carbocycles. The minimum absolute atomic E-state index is 0.0670. The van der Waals surface area contributed by atoms with Crippen LogP contribution in [0.2, 0.25) is 0 Å². The van der Waals surface area contributed by atoms with Crippen LogP contribution in [0.15, 0.2) is 34.1 Å². The van der Waals surface area contributed by atoms with Gasteiger partial charge in [0, 0.05) is 6.26 Å². The molecule has 0 heterocycles. The summed E-state index contributed by atoms with van der Waals surface area (Å²) in [7, 11) is -7.26. The minimum Gasteiger partial charge on any atom is -0.280 e. The van der Waals surface area contributed by atoms with Gasteiger partial charge in [-0.05, 0) is 80.6 Å². The Hall–Kier alpha value is -1.86. The molecule has 0 radical (unpaired) electrons. The Kier molecular flexibility index (Phi) is 5.03. The summed E-state index contributed by atoms with van der Waals surface area (Å²) in [6, 6.07) is 5.81. The Morgan fingerprint density at radius 2 is 1.24 bits per heavy atom. The lowest BCUT2D eigenvalue weighted by atomic mass is 9.95. The van der Waals surface area contributed by atoms with E-state index >= 15 is 0 Å². The highest BCUT2D eigenvalue weighted by Crippen LogP contribution is 2.31. The SMILES string of the molecule is Cc1c(C)c(C)c(S(=O)(=O)Nc2cccc(S(C)(=O)=O)c2)c(C)c1C. The fraction of sp³-hybridized carbons (Fsp3) is 0.333. The molecular weight excluding hydrogens is 358 g/mol. The summed E-state index contributed by atoms with van der Waals surface area (Å²) in [6.45, 7) is 9.36. The molecule has 7 heteroatoms. The van der Waals surface area contributed by atoms with Crippen LogP contribution in [0.5, 0.6) is 0 Å². The van der Waals surface area contributed by atoms with E-state index in [9.17, 15) is 16.8 Å². The minimum atomic E-state index is -3.84. The first kappa shape index (κ1) is 19.5. The number of hydrogen-bond acceptors (Lipinski definition) is 4. The van der Waals surface area contributed by atoms with Gasteiger partial charge in [0.15, 0.2) is 9.84 Å². The third-order valence-electron chi connectivity index (χ3n) is 4.71. The summed E-state index contributed by atoms with van der Waals surface area (Å²) >= 11 is 0. The Labute approximate surface area is 150 Å². The van der Waals surface area contributed by atoms with E-state index in [2.05, 4.69) is 4.72 Å². The van der Waals surface area contributed by atoms with Crippen LogP contribution >= 0.6 is 0 Å². The van der Waals surface area contributed by atoms with Gasteiger partial charge in [-0.25, -0.2) is 16.8 Å². The van der Waals surface area contributed by atoms with Crippen molar-refractivity contribution in [3.05, 3.63) is 52.1 Å². The molecule has 0 aliphatic rings. The van der Waals surface area contributed by atoms with E-state index in [0.29, 0.717) is 11.1 Å². The van der Waals surface area contributed by atoms with E-state index in [1.807, 2.05) is 20.8 Å². The van der Waals surface area contributed by atoms with Gasteiger partial charge in [0.1, 0.15) is 0 Å². The molecule has 0 saturated heterocycles. The maximum Gasteiger partial charge on any atom is 0.262 e. The molecule has 0 fully saturated rings. The molecule has 0 spiro atoms. The number of sulfonamides is 1. The van der Waals surface area contributed by atoms with Gasteiger partial charge >= 0.3 is 0 Å². The van der Waals surface area contributed by atoms with Crippen LogP contribution in [0.1, 0.15) is 27.8 Å². The van der Waals surface area contributed by atoms with Crippen molar-refractivity contribution in [3.63, 3.8) is 0 Å². The molecule has 2 aromatic rings. The normalized spacial score (nSPS) is 12.2. The Bertz CT molecular complexity index is 1020. The van der Waals surface area contributed by atoms with E-state index < -0.39 is 19.9 Å². The molecule has 0 unspecified atom stereocenters. The van der Waals surface area contributed by atoms with Gasteiger partial charge in [-0.3, -0.25) is 4.72 Å². The number of sulfone groups is 1. The van der Waals surface area contributed by atoms with Crippen LogP contribution in [0.4, 0.5) is 5.69 Å². The maximum atomic E-state index is 13.0. The van der Waals surface area contributed by atoms with Gasteiger partial charge in [-0.2, -0.15) is 0 Å². The summed E-state index contributed by atoms with van der Waals surface area (Å²) in [5.74, 6) is 0. The molecule has 0 atom stereocenters. The molecule has 0 saturated carbocycles. The van der Waals surface area contributed by atoms with Crippen LogP contribution in [0.3, 0.4) is 0 Å². The molecule has 0 aliphatic heterocycles. The van der Waals surface area contributed by atoms with Crippen molar-refractivity contribution in [2.45, 2.75) is 44.4 Å². The zero-order valence-electron chi connectivity index (χ0n) is 15.3. The van der Waals surface area contributed by atoms with Gasteiger partial charge < -0.3 is 0 Å². The fourth-order valence-corrected chi connectivity index (χ4v) is 5.18. The Morgan fingerprint density at radius 1 is 0.760 bits per heavy atom. The molecule has 2 rings (SSSR count). The lowest BCUT2D eigenvalue weighted by Gasteiger charge is -2.19. The molecule has 0 aromatic heterocycles. The van der Waals surface area contributed by atoms with Crippen LogP contribution in [-0.4, -0.2) is 23.1 Å². The Morgan fingerprint density at radius 3 is 1.72 bits per heavy atom. The first-order valence-electron chi connectivity index (χ1n) is 7.76. The highest BCUT2D eigenvalue weighted by Gasteiger charge is 2.24. The van der Waals surface area contributed by atoms with Gasteiger partial charge in [0.25, 0.3) is 10.0 Å². The molecule has 0 amide bonds. The summed E-state index contributed by atoms with van der Waals surface area (Å²) in [5, 5.41) is 0. The van der Waals surface area contributed by atoms with Crippen molar-refractivity contribution < 1.29 is 16.8 Å². The second-order valence-electron chi connectivity index (χ2n) is 6.36. The van der Waals surface area contributed by atoms with E-state index in [1.54, 1.807) is 13.8 Å². The maximum absolute atomic E-state index is 13.0. The lowest BCUT2D eigenvalue weighted by molar-refractivity contribution is 0.598. The van der Waals surface area contributed by atoms with Crippen molar-refractivity contribution in [1.82, 2.24) is 0 Å². The average molecular weight is 382 g/mol. The summed E-state index contributed by atoms with van der Waals surface area (Å²) < 4.78 is 51.8. The fourth-order valence-electron chi connectivity index (χ4n) is 2.87. The molecule has 136 valence electrons. The molecule has 25 heavy (non-hydrogen) atoms. The zero-order valence-corrected chi connectivity index (χ0v) is 16.9. The van der Waals surface area contributed by atoms with E-state index in [-0.39, 0.29) is 15.5 Å². The molecule has 2 aromatic carbocycles. The molecule has 0 bridgehead atoms. The predicted octanol–water partition coefficient (Wildman–Crippen LogP) is 3.43. The van der Waals surface area contributed by atoms with E-state index in [4.69, 9.17) is 0 Å². The summed E-state index contributed by atoms with van der Waals surface area (Å²) in [4.78, 5) is 0.315. The number of rotatable bonds is 4. The zero-order chi connectivity index (χ0) is 19.2. The summed E-state index contributed by atoms with van der Waals surface area (Å²) in [6.07, 6.45) is 1.08. The lowest BCUT2D eigenvalue weighted by Crippen LogP contribution is -2.18.